The Kier molecular flexibility index (Phi) is 4.95. The van der Waals surface area contributed by atoms with E-state index in [0.29, 0.717) is 18.7 Å². The summed E-state index contributed by atoms with van der Waals surface area (Å²) in [5, 5.41) is 0.847. The average molecular weight is 450 g/mol. The van der Waals surface area contributed by atoms with Gasteiger partial charge in [-0.2, -0.15) is 0 Å². The van der Waals surface area contributed by atoms with E-state index in [-0.39, 0.29) is 17.6 Å². The van der Waals surface area contributed by atoms with E-state index in [2.05, 4.69) is 9.97 Å². The highest BCUT2D eigenvalue weighted by molar-refractivity contribution is 6.07. The largest absolute Gasteiger partial charge is 0.338 e. The number of amides is 1. The van der Waals surface area contributed by atoms with E-state index < -0.39 is 0 Å². The Bertz CT molecular complexity index is 1560. The molecule has 1 amide bonds. The molecule has 3 aromatic heterocycles. The lowest BCUT2D eigenvalue weighted by atomic mass is 10.0. The number of likely N-dealkylation sites (tertiary alicyclic amines) is 1. The summed E-state index contributed by atoms with van der Waals surface area (Å²) >= 11 is 0. The first-order chi connectivity index (χ1) is 16.7. The number of carbonyl (C=O) groups excluding carboxylic acids is 1. The number of para-hydroxylation sites is 3. The molecule has 5 aromatic rings. The highest BCUT2D eigenvalue weighted by Crippen LogP contribution is 2.29. The fourth-order valence-corrected chi connectivity index (χ4v) is 4.96. The molecule has 0 saturated carbocycles. The van der Waals surface area contributed by atoms with Gasteiger partial charge < -0.3 is 9.88 Å². The second-order valence-electron chi connectivity index (χ2n) is 8.65. The zero-order valence-corrected chi connectivity index (χ0v) is 18.5. The molecule has 7 heteroatoms. The van der Waals surface area contributed by atoms with Crippen molar-refractivity contribution < 1.29 is 4.79 Å². The SMILES string of the molecule is O=C(c1cc(-c2ccncc2)nc2ccccc12)N1CCC(n2c(=O)[nH]c3ccccc32)CC1. The summed E-state index contributed by atoms with van der Waals surface area (Å²) in [6.07, 6.45) is 4.91. The first-order valence-corrected chi connectivity index (χ1v) is 11.5. The lowest BCUT2D eigenvalue weighted by molar-refractivity contribution is 0.0697. The number of pyridine rings is 2. The summed E-state index contributed by atoms with van der Waals surface area (Å²) in [6, 6.07) is 21.2. The molecule has 1 N–H and O–H groups in total. The Balaban J connectivity index is 1.30. The third-order valence-electron chi connectivity index (χ3n) is 6.66. The highest BCUT2D eigenvalue weighted by atomic mass is 16.2. The molecule has 34 heavy (non-hydrogen) atoms. The quantitative estimate of drug-likeness (QED) is 0.442. The number of piperidine rings is 1. The van der Waals surface area contributed by atoms with Crippen molar-refractivity contribution in [3.8, 4) is 11.3 Å². The molecule has 0 bridgehead atoms. The zero-order valence-electron chi connectivity index (χ0n) is 18.5. The molecule has 1 saturated heterocycles. The molecule has 0 atom stereocenters. The third kappa shape index (κ3) is 3.46. The van der Waals surface area contributed by atoms with Crippen molar-refractivity contribution in [1.29, 1.82) is 0 Å². The van der Waals surface area contributed by atoms with Crippen molar-refractivity contribution in [2.75, 3.05) is 13.1 Å². The highest BCUT2D eigenvalue weighted by Gasteiger charge is 2.28. The van der Waals surface area contributed by atoms with Crippen LogP contribution in [0.1, 0.15) is 29.2 Å². The van der Waals surface area contributed by atoms with Crippen LogP contribution < -0.4 is 5.69 Å². The van der Waals surface area contributed by atoms with Crippen molar-refractivity contribution in [2.24, 2.45) is 0 Å². The van der Waals surface area contributed by atoms with Crippen LogP contribution in [0.2, 0.25) is 0 Å². The molecular formula is C27H23N5O2. The predicted molar refractivity (Wildman–Crippen MR) is 132 cm³/mol. The Morgan fingerprint density at radius 1 is 0.941 bits per heavy atom. The number of imidazole rings is 1. The van der Waals surface area contributed by atoms with E-state index in [0.717, 1.165) is 46.0 Å². The topological polar surface area (TPSA) is 83.9 Å². The van der Waals surface area contributed by atoms with Crippen LogP contribution in [0.3, 0.4) is 0 Å². The molecule has 0 spiro atoms. The lowest BCUT2D eigenvalue weighted by Gasteiger charge is -2.33. The summed E-state index contributed by atoms with van der Waals surface area (Å²) in [4.78, 5) is 40.0. The van der Waals surface area contributed by atoms with E-state index in [9.17, 15) is 9.59 Å². The van der Waals surface area contributed by atoms with Crippen molar-refractivity contribution in [3.05, 3.63) is 95.2 Å². The number of aromatic nitrogens is 4. The first-order valence-electron chi connectivity index (χ1n) is 11.5. The van der Waals surface area contributed by atoms with Gasteiger partial charge in [-0.3, -0.25) is 14.3 Å². The number of fused-ring (bicyclic) bond motifs is 2. The smallest absolute Gasteiger partial charge is 0.326 e. The van der Waals surface area contributed by atoms with Gasteiger partial charge in [-0.05, 0) is 49.2 Å². The van der Waals surface area contributed by atoms with Gasteiger partial charge in [-0.1, -0.05) is 30.3 Å². The van der Waals surface area contributed by atoms with Crippen LogP contribution in [0.25, 0.3) is 33.2 Å². The maximum atomic E-state index is 13.7. The molecule has 4 heterocycles. The normalized spacial score (nSPS) is 14.6. The summed E-state index contributed by atoms with van der Waals surface area (Å²) < 4.78 is 1.85. The standard InChI is InChI=1S/C27H23N5O2/c33-26(21-17-24(18-9-13-28-14-10-18)29-22-6-2-1-5-20(21)22)31-15-11-19(12-16-31)32-25-8-4-3-7-23(25)30-27(32)34/h1-10,13-14,17,19H,11-12,15-16H2,(H,30,34). The zero-order chi connectivity index (χ0) is 23.1. The van der Waals surface area contributed by atoms with Gasteiger partial charge in [0, 0.05) is 42.5 Å². The maximum Gasteiger partial charge on any atom is 0.326 e. The fourth-order valence-electron chi connectivity index (χ4n) is 4.96. The van der Waals surface area contributed by atoms with Crippen LogP contribution in [0, 0.1) is 0 Å². The van der Waals surface area contributed by atoms with Crippen LogP contribution in [0.5, 0.6) is 0 Å². The Morgan fingerprint density at radius 3 is 2.50 bits per heavy atom. The molecule has 1 fully saturated rings. The van der Waals surface area contributed by atoms with Crippen molar-refractivity contribution >= 4 is 27.8 Å². The molecular weight excluding hydrogens is 426 g/mol. The summed E-state index contributed by atoms with van der Waals surface area (Å²) in [5.41, 5.74) is 4.79. The molecule has 6 rings (SSSR count). The van der Waals surface area contributed by atoms with Gasteiger partial charge in [-0.25, -0.2) is 9.78 Å². The van der Waals surface area contributed by atoms with Gasteiger partial charge in [0.2, 0.25) is 0 Å². The van der Waals surface area contributed by atoms with E-state index in [1.807, 2.05) is 76.2 Å². The number of nitrogens with one attached hydrogen (secondary N) is 1. The third-order valence-corrected chi connectivity index (χ3v) is 6.66. The number of carbonyl (C=O) groups is 1. The first kappa shape index (κ1) is 20.4. The monoisotopic (exact) mass is 449 g/mol. The van der Waals surface area contributed by atoms with E-state index in [4.69, 9.17) is 4.98 Å². The molecule has 7 nitrogen and oxygen atoms in total. The van der Waals surface area contributed by atoms with E-state index in [1.54, 1.807) is 12.4 Å². The molecule has 0 unspecified atom stereocenters. The van der Waals surface area contributed by atoms with Gasteiger partial charge in [0.1, 0.15) is 0 Å². The number of rotatable bonds is 3. The minimum atomic E-state index is -0.0897. The van der Waals surface area contributed by atoms with Gasteiger partial charge >= 0.3 is 5.69 Å². The minimum Gasteiger partial charge on any atom is -0.338 e. The van der Waals surface area contributed by atoms with Gasteiger partial charge in [0.15, 0.2) is 0 Å². The van der Waals surface area contributed by atoms with Crippen LogP contribution in [-0.4, -0.2) is 43.4 Å². The Hall–Kier alpha value is -4.26. The van der Waals surface area contributed by atoms with Crippen molar-refractivity contribution in [1.82, 2.24) is 24.4 Å². The van der Waals surface area contributed by atoms with Crippen molar-refractivity contribution in [2.45, 2.75) is 18.9 Å². The Labute approximate surface area is 195 Å². The second kappa shape index (κ2) is 8.26. The molecule has 1 aliphatic heterocycles. The van der Waals surface area contributed by atoms with E-state index in [1.165, 1.54) is 0 Å². The van der Waals surface area contributed by atoms with Crippen LogP contribution in [0.15, 0.2) is 83.9 Å². The molecule has 2 aromatic carbocycles. The number of hydrogen-bond donors (Lipinski definition) is 1. The fraction of sp³-hybridized carbons (Fsp3) is 0.185. The van der Waals surface area contributed by atoms with Crippen LogP contribution in [-0.2, 0) is 0 Å². The second-order valence-corrected chi connectivity index (χ2v) is 8.65. The number of H-pyrrole nitrogens is 1. The van der Waals surface area contributed by atoms with Gasteiger partial charge in [0.25, 0.3) is 5.91 Å². The molecule has 168 valence electrons. The number of aromatic amines is 1. The summed E-state index contributed by atoms with van der Waals surface area (Å²) in [6.45, 7) is 1.19. The average Bonchev–Trinajstić information content (AvgIpc) is 3.24. The lowest BCUT2D eigenvalue weighted by Crippen LogP contribution is -2.40. The maximum absolute atomic E-state index is 13.7. The van der Waals surface area contributed by atoms with Crippen LogP contribution in [0.4, 0.5) is 0 Å². The van der Waals surface area contributed by atoms with Gasteiger partial charge in [0.05, 0.1) is 27.8 Å². The summed E-state index contributed by atoms with van der Waals surface area (Å²) in [5.74, 6) is -0.00127. The Morgan fingerprint density at radius 2 is 1.68 bits per heavy atom. The molecule has 0 aliphatic carbocycles. The predicted octanol–water partition coefficient (Wildman–Crippen LogP) is 4.42. The van der Waals surface area contributed by atoms with Crippen molar-refractivity contribution in [3.63, 3.8) is 0 Å². The van der Waals surface area contributed by atoms with Gasteiger partial charge in [-0.15, -0.1) is 0 Å². The van der Waals surface area contributed by atoms with E-state index >= 15 is 0 Å². The molecule has 1 aliphatic rings. The number of benzene rings is 2. The summed E-state index contributed by atoms with van der Waals surface area (Å²) in [7, 11) is 0. The van der Waals surface area contributed by atoms with Crippen LogP contribution >= 0.6 is 0 Å². The number of nitrogens with zero attached hydrogens (tertiary/aromatic N) is 4. The number of hydrogen-bond acceptors (Lipinski definition) is 4. The minimum absolute atomic E-state index is 0.00127. The molecule has 0 radical (unpaired) electrons.